The number of primary amides is 1. The van der Waals surface area contributed by atoms with Crippen LogP contribution in [0, 0.1) is 0 Å². The first-order valence-electron chi connectivity index (χ1n) is 6.60. The molecule has 1 rings (SSSR count). The highest BCUT2D eigenvalue weighted by atomic mass is 16.5. The van der Waals surface area contributed by atoms with Gasteiger partial charge in [-0.3, -0.25) is 9.59 Å². The number of hydrogen-bond donors (Lipinski definition) is 3. The molecule has 6 heteroatoms. The summed E-state index contributed by atoms with van der Waals surface area (Å²) in [5.41, 5.74) is 11.4. The number of nitrogens with two attached hydrogens (primary N) is 2. The smallest absolute Gasteiger partial charge is 0.258 e. The highest BCUT2D eigenvalue weighted by molar-refractivity contribution is 5.97. The quantitative estimate of drug-likeness (QED) is 0.648. The highest BCUT2D eigenvalue weighted by Gasteiger charge is 2.15. The Balaban J connectivity index is 2.70. The zero-order chi connectivity index (χ0) is 15.1. The number of benzene rings is 1. The summed E-state index contributed by atoms with van der Waals surface area (Å²) in [7, 11) is 0. The van der Waals surface area contributed by atoms with E-state index in [1.54, 1.807) is 12.1 Å². The van der Waals surface area contributed by atoms with Gasteiger partial charge in [0.2, 0.25) is 0 Å². The number of ether oxygens (including phenoxy) is 1. The lowest BCUT2D eigenvalue weighted by Gasteiger charge is -2.16. The monoisotopic (exact) mass is 279 g/mol. The molecule has 6 nitrogen and oxygen atoms in total. The highest BCUT2D eigenvalue weighted by Crippen LogP contribution is 2.25. The van der Waals surface area contributed by atoms with Crippen LogP contribution in [0.5, 0.6) is 5.75 Å². The van der Waals surface area contributed by atoms with Crippen LogP contribution in [0.2, 0.25) is 0 Å². The van der Waals surface area contributed by atoms with Gasteiger partial charge in [-0.2, -0.15) is 0 Å². The molecular weight excluding hydrogens is 258 g/mol. The van der Waals surface area contributed by atoms with Gasteiger partial charge in [0.1, 0.15) is 0 Å². The van der Waals surface area contributed by atoms with Gasteiger partial charge >= 0.3 is 0 Å². The minimum atomic E-state index is -0.646. The van der Waals surface area contributed by atoms with Gasteiger partial charge in [0.15, 0.2) is 12.4 Å². The molecule has 1 aromatic rings. The first kappa shape index (κ1) is 15.8. The molecule has 2 amide bonds. The molecule has 5 N–H and O–H groups in total. The molecule has 0 aliphatic carbocycles. The molecule has 20 heavy (non-hydrogen) atoms. The number of para-hydroxylation sites is 1. The lowest BCUT2D eigenvalue weighted by molar-refractivity contribution is -0.123. The van der Waals surface area contributed by atoms with Gasteiger partial charge in [-0.25, -0.2) is 0 Å². The summed E-state index contributed by atoms with van der Waals surface area (Å²) in [6, 6.07) is 4.81. The van der Waals surface area contributed by atoms with Crippen molar-refractivity contribution < 1.29 is 14.3 Å². The van der Waals surface area contributed by atoms with Crippen molar-refractivity contribution in [2.75, 3.05) is 12.3 Å². The number of nitrogen functional groups attached to an aromatic ring is 1. The SMILES string of the molecule is CCC(CC)NC(=O)COc1c(N)cccc1C(N)=O. The molecule has 1 aromatic carbocycles. The Hall–Kier alpha value is -2.24. The minimum absolute atomic E-state index is 0.120. The third-order valence-electron chi connectivity index (χ3n) is 3.01. The van der Waals surface area contributed by atoms with E-state index in [9.17, 15) is 9.59 Å². The molecular formula is C14H21N3O3. The minimum Gasteiger partial charge on any atom is -0.481 e. The van der Waals surface area contributed by atoms with E-state index in [0.29, 0.717) is 0 Å². The molecule has 0 aromatic heterocycles. The summed E-state index contributed by atoms with van der Waals surface area (Å²) in [6.45, 7) is 3.79. The number of anilines is 1. The molecule has 0 saturated heterocycles. The summed E-state index contributed by atoms with van der Waals surface area (Å²) >= 11 is 0. The van der Waals surface area contributed by atoms with E-state index in [4.69, 9.17) is 16.2 Å². The Labute approximate surface area is 118 Å². The third-order valence-corrected chi connectivity index (χ3v) is 3.01. The van der Waals surface area contributed by atoms with Gasteiger partial charge in [-0.05, 0) is 25.0 Å². The Bertz CT molecular complexity index is 485. The maximum Gasteiger partial charge on any atom is 0.258 e. The average Bonchev–Trinajstić information content (AvgIpc) is 2.42. The number of rotatable bonds is 7. The molecule has 110 valence electrons. The van der Waals surface area contributed by atoms with Crippen molar-refractivity contribution in [2.24, 2.45) is 5.73 Å². The van der Waals surface area contributed by atoms with Gasteiger partial charge in [0.25, 0.3) is 11.8 Å². The van der Waals surface area contributed by atoms with Crippen molar-refractivity contribution in [3.8, 4) is 5.75 Å². The van der Waals surface area contributed by atoms with Crippen molar-refractivity contribution in [3.63, 3.8) is 0 Å². The number of nitrogens with one attached hydrogen (secondary N) is 1. The van der Waals surface area contributed by atoms with E-state index in [1.807, 2.05) is 13.8 Å². The van der Waals surface area contributed by atoms with E-state index in [0.717, 1.165) is 12.8 Å². The van der Waals surface area contributed by atoms with Gasteiger partial charge in [-0.1, -0.05) is 19.9 Å². The van der Waals surface area contributed by atoms with Crippen LogP contribution in [0.25, 0.3) is 0 Å². The standard InChI is InChI=1S/C14H21N3O3/c1-3-9(4-2)17-12(18)8-20-13-10(14(16)19)6-5-7-11(13)15/h5-7,9H,3-4,8,15H2,1-2H3,(H2,16,19)(H,17,18). The van der Waals surface area contributed by atoms with E-state index < -0.39 is 5.91 Å². The molecule has 0 bridgehead atoms. The number of carbonyl (C=O) groups excluding carboxylic acids is 2. The van der Waals surface area contributed by atoms with E-state index in [1.165, 1.54) is 6.07 Å². The fourth-order valence-electron chi connectivity index (χ4n) is 1.81. The lowest BCUT2D eigenvalue weighted by Crippen LogP contribution is -2.37. The molecule has 0 heterocycles. The fourth-order valence-corrected chi connectivity index (χ4v) is 1.81. The van der Waals surface area contributed by atoms with Crippen LogP contribution in [0.1, 0.15) is 37.0 Å². The molecule has 0 radical (unpaired) electrons. The first-order chi connectivity index (χ1) is 9.49. The zero-order valence-electron chi connectivity index (χ0n) is 11.8. The van der Waals surface area contributed by atoms with Gasteiger partial charge < -0.3 is 21.5 Å². The Morgan fingerprint density at radius 3 is 2.50 bits per heavy atom. The van der Waals surface area contributed by atoms with Crippen LogP contribution in [0.4, 0.5) is 5.69 Å². The van der Waals surface area contributed by atoms with E-state index >= 15 is 0 Å². The zero-order valence-corrected chi connectivity index (χ0v) is 11.8. The molecule has 0 saturated carbocycles. The van der Waals surface area contributed by atoms with E-state index in [-0.39, 0.29) is 35.6 Å². The largest absolute Gasteiger partial charge is 0.481 e. The van der Waals surface area contributed by atoms with Crippen molar-refractivity contribution in [1.82, 2.24) is 5.32 Å². The molecule has 0 atom stereocenters. The molecule has 0 unspecified atom stereocenters. The Kier molecular flexibility index (Phi) is 5.83. The summed E-state index contributed by atoms with van der Waals surface area (Å²) in [4.78, 5) is 23.0. The summed E-state index contributed by atoms with van der Waals surface area (Å²) in [5.74, 6) is -0.746. The second-order valence-electron chi connectivity index (χ2n) is 4.46. The third kappa shape index (κ3) is 4.15. The topological polar surface area (TPSA) is 107 Å². The maximum atomic E-state index is 11.7. The van der Waals surface area contributed by atoms with Crippen LogP contribution in [0.15, 0.2) is 18.2 Å². The van der Waals surface area contributed by atoms with Gasteiger partial charge in [0, 0.05) is 6.04 Å². The molecule has 0 aliphatic heterocycles. The van der Waals surface area contributed by atoms with Crippen molar-refractivity contribution >= 4 is 17.5 Å². The summed E-state index contributed by atoms with van der Waals surface area (Å²) in [6.07, 6.45) is 1.70. The number of carbonyl (C=O) groups is 2. The second-order valence-corrected chi connectivity index (χ2v) is 4.46. The van der Waals surface area contributed by atoms with Crippen LogP contribution in [-0.2, 0) is 4.79 Å². The lowest BCUT2D eigenvalue weighted by atomic mass is 10.1. The van der Waals surface area contributed by atoms with Crippen molar-refractivity contribution in [3.05, 3.63) is 23.8 Å². The predicted octanol–water partition coefficient (Wildman–Crippen LogP) is 1.05. The number of hydrogen-bond acceptors (Lipinski definition) is 4. The van der Waals surface area contributed by atoms with Crippen molar-refractivity contribution in [1.29, 1.82) is 0 Å². The Morgan fingerprint density at radius 1 is 1.30 bits per heavy atom. The van der Waals surface area contributed by atoms with Crippen molar-refractivity contribution in [2.45, 2.75) is 32.7 Å². The second kappa shape index (κ2) is 7.37. The fraction of sp³-hybridized carbons (Fsp3) is 0.429. The molecule has 0 fully saturated rings. The van der Waals surface area contributed by atoms with Crippen LogP contribution >= 0.6 is 0 Å². The van der Waals surface area contributed by atoms with Gasteiger partial charge in [0.05, 0.1) is 11.3 Å². The predicted molar refractivity (Wildman–Crippen MR) is 77.4 cm³/mol. The van der Waals surface area contributed by atoms with Gasteiger partial charge in [-0.15, -0.1) is 0 Å². The summed E-state index contributed by atoms with van der Waals surface area (Å²) in [5, 5.41) is 2.83. The van der Waals surface area contributed by atoms with Crippen LogP contribution < -0.4 is 21.5 Å². The molecule has 0 aliphatic rings. The first-order valence-corrected chi connectivity index (χ1v) is 6.60. The molecule has 0 spiro atoms. The van der Waals surface area contributed by atoms with Crippen LogP contribution in [-0.4, -0.2) is 24.5 Å². The van der Waals surface area contributed by atoms with Crippen LogP contribution in [0.3, 0.4) is 0 Å². The number of amides is 2. The normalized spacial score (nSPS) is 10.3. The van der Waals surface area contributed by atoms with E-state index in [2.05, 4.69) is 5.32 Å². The Morgan fingerprint density at radius 2 is 1.95 bits per heavy atom. The summed E-state index contributed by atoms with van der Waals surface area (Å²) < 4.78 is 5.34. The average molecular weight is 279 g/mol. The maximum absolute atomic E-state index is 11.7.